The first-order valence-corrected chi connectivity index (χ1v) is 13.3. The van der Waals surface area contributed by atoms with E-state index in [1.807, 2.05) is 6.07 Å². The molecule has 0 aliphatic carbocycles. The molecule has 1 aliphatic heterocycles. The topological polar surface area (TPSA) is 69.6 Å². The molecule has 5 nitrogen and oxygen atoms in total. The van der Waals surface area contributed by atoms with Crippen LogP contribution in [0.1, 0.15) is 107 Å². The van der Waals surface area contributed by atoms with Gasteiger partial charge in [0, 0.05) is 25.1 Å². The van der Waals surface area contributed by atoms with Crippen molar-refractivity contribution in [3.63, 3.8) is 0 Å². The fraction of sp³-hybridized carbons (Fsp3) is 0.533. The molecule has 35 heavy (non-hydrogen) atoms. The van der Waals surface area contributed by atoms with Crippen LogP contribution in [0.25, 0.3) is 0 Å². The second kappa shape index (κ2) is 12.2. The van der Waals surface area contributed by atoms with Crippen molar-refractivity contribution in [2.24, 2.45) is 0 Å². The number of carbonyl (C=O) groups is 2. The number of nitrogens with zero attached hydrogens (tertiary/aromatic N) is 1. The predicted octanol–water partition coefficient (Wildman–Crippen LogP) is 6.89. The average molecular weight is 479 g/mol. The Balaban J connectivity index is 1.87. The SMILES string of the molecule is CCCCCCCC(=O)N1Cc2cc(O)ccc2C[C@H]1C(=O)Nc1c(C(C)C)cccc1C(C)C. The van der Waals surface area contributed by atoms with Gasteiger partial charge in [-0.15, -0.1) is 0 Å². The van der Waals surface area contributed by atoms with Crippen LogP contribution in [-0.2, 0) is 22.6 Å². The number of benzene rings is 2. The molecule has 1 aliphatic rings. The molecule has 190 valence electrons. The summed E-state index contributed by atoms with van der Waals surface area (Å²) in [5.41, 5.74) is 5.03. The molecule has 0 bridgehead atoms. The fourth-order valence-electron chi connectivity index (χ4n) is 4.99. The monoisotopic (exact) mass is 478 g/mol. The largest absolute Gasteiger partial charge is 0.508 e. The summed E-state index contributed by atoms with van der Waals surface area (Å²) in [4.78, 5) is 28.8. The van der Waals surface area contributed by atoms with Crippen LogP contribution in [0.5, 0.6) is 5.75 Å². The maximum Gasteiger partial charge on any atom is 0.247 e. The van der Waals surface area contributed by atoms with E-state index in [4.69, 9.17) is 0 Å². The Bertz CT molecular complexity index is 1000. The molecular formula is C30H42N2O3. The zero-order chi connectivity index (χ0) is 25.5. The van der Waals surface area contributed by atoms with E-state index in [1.165, 1.54) is 12.8 Å². The molecule has 0 saturated carbocycles. The van der Waals surface area contributed by atoms with Crippen LogP contribution in [0.2, 0.25) is 0 Å². The first-order valence-electron chi connectivity index (χ1n) is 13.3. The van der Waals surface area contributed by atoms with E-state index >= 15 is 0 Å². The van der Waals surface area contributed by atoms with E-state index in [1.54, 1.807) is 17.0 Å². The summed E-state index contributed by atoms with van der Waals surface area (Å²) >= 11 is 0. The zero-order valence-corrected chi connectivity index (χ0v) is 22.1. The van der Waals surface area contributed by atoms with E-state index in [0.29, 0.717) is 19.4 Å². The van der Waals surface area contributed by atoms with Gasteiger partial charge in [0.15, 0.2) is 0 Å². The normalized spacial score (nSPS) is 15.4. The van der Waals surface area contributed by atoms with E-state index in [9.17, 15) is 14.7 Å². The van der Waals surface area contributed by atoms with E-state index in [0.717, 1.165) is 47.2 Å². The van der Waals surface area contributed by atoms with E-state index < -0.39 is 6.04 Å². The highest BCUT2D eigenvalue weighted by molar-refractivity contribution is 5.99. The van der Waals surface area contributed by atoms with Gasteiger partial charge < -0.3 is 15.3 Å². The van der Waals surface area contributed by atoms with Crippen LogP contribution in [0.4, 0.5) is 5.69 Å². The Morgan fingerprint density at radius 3 is 2.26 bits per heavy atom. The molecule has 3 rings (SSSR count). The molecule has 0 saturated heterocycles. The van der Waals surface area contributed by atoms with E-state index in [-0.39, 0.29) is 29.4 Å². The zero-order valence-electron chi connectivity index (χ0n) is 22.1. The minimum Gasteiger partial charge on any atom is -0.508 e. The average Bonchev–Trinajstić information content (AvgIpc) is 2.82. The van der Waals surface area contributed by atoms with Gasteiger partial charge in [-0.1, -0.05) is 84.6 Å². The Morgan fingerprint density at radius 1 is 0.971 bits per heavy atom. The number of rotatable bonds is 10. The van der Waals surface area contributed by atoms with Crippen LogP contribution < -0.4 is 5.32 Å². The lowest BCUT2D eigenvalue weighted by Gasteiger charge is -2.36. The van der Waals surface area contributed by atoms with Crippen LogP contribution in [0.3, 0.4) is 0 Å². The van der Waals surface area contributed by atoms with Gasteiger partial charge in [-0.25, -0.2) is 0 Å². The van der Waals surface area contributed by atoms with Crippen LogP contribution in [0, 0.1) is 0 Å². The summed E-state index contributed by atoms with van der Waals surface area (Å²) in [5.74, 6) is 0.584. The van der Waals surface area contributed by atoms with Gasteiger partial charge in [0.2, 0.25) is 11.8 Å². The van der Waals surface area contributed by atoms with Gasteiger partial charge in [0.25, 0.3) is 0 Å². The quantitative estimate of drug-likeness (QED) is 0.365. The third-order valence-electron chi connectivity index (χ3n) is 7.06. The number of phenolic OH excluding ortho intramolecular Hbond substituents is 1. The molecule has 0 unspecified atom stereocenters. The Hall–Kier alpha value is -2.82. The number of fused-ring (bicyclic) bond motifs is 1. The van der Waals surface area contributed by atoms with Crippen LogP contribution in [-0.4, -0.2) is 27.9 Å². The second-order valence-electron chi connectivity index (χ2n) is 10.5. The highest BCUT2D eigenvalue weighted by Crippen LogP contribution is 2.34. The fourth-order valence-corrected chi connectivity index (χ4v) is 4.99. The standard InChI is InChI=1S/C30H42N2O3/c1-6-7-8-9-10-14-28(34)32-19-23-17-24(33)16-15-22(23)18-27(32)30(35)31-29-25(20(2)3)12-11-13-26(29)21(4)5/h11-13,15-17,20-21,27,33H,6-10,14,18-19H2,1-5H3,(H,31,35)/t27-/m0/s1. The van der Waals surface area contributed by atoms with Gasteiger partial charge in [-0.3, -0.25) is 9.59 Å². The Kier molecular flexibility index (Phi) is 9.36. The molecule has 0 fully saturated rings. The first kappa shape index (κ1) is 26.8. The summed E-state index contributed by atoms with van der Waals surface area (Å²) in [7, 11) is 0. The van der Waals surface area contributed by atoms with Gasteiger partial charge in [-0.2, -0.15) is 0 Å². The van der Waals surface area contributed by atoms with Crippen molar-refractivity contribution < 1.29 is 14.7 Å². The number of carbonyl (C=O) groups excluding carboxylic acids is 2. The molecule has 1 atom stereocenters. The number of hydrogen-bond donors (Lipinski definition) is 2. The molecule has 2 aromatic rings. The summed E-state index contributed by atoms with van der Waals surface area (Å²) in [5, 5.41) is 13.2. The van der Waals surface area contributed by atoms with Crippen LogP contribution >= 0.6 is 0 Å². The molecule has 0 radical (unpaired) electrons. The summed E-state index contributed by atoms with van der Waals surface area (Å²) in [6.07, 6.45) is 6.24. The van der Waals surface area contributed by atoms with Gasteiger partial charge in [-0.05, 0) is 52.6 Å². The molecule has 5 heteroatoms. The molecule has 2 aromatic carbocycles. The molecule has 0 spiro atoms. The Morgan fingerprint density at radius 2 is 1.63 bits per heavy atom. The van der Waals surface area contributed by atoms with Crippen molar-refractivity contribution in [2.75, 3.05) is 5.32 Å². The number of anilines is 1. The lowest BCUT2D eigenvalue weighted by atomic mass is 9.90. The van der Waals surface area contributed by atoms with Crippen molar-refractivity contribution in [1.82, 2.24) is 4.90 Å². The minimum absolute atomic E-state index is 0.0110. The molecular weight excluding hydrogens is 436 g/mol. The van der Waals surface area contributed by atoms with Crippen molar-refractivity contribution in [3.8, 4) is 5.75 Å². The molecule has 0 aromatic heterocycles. The summed E-state index contributed by atoms with van der Waals surface area (Å²) < 4.78 is 0. The number of phenols is 1. The predicted molar refractivity (Wildman–Crippen MR) is 143 cm³/mol. The van der Waals surface area contributed by atoms with E-state index in [2.05, 4.69) is 58.1 Å². The third-order valence-corrected chi connectivity index (χ3v) is 7.06. The highest BCUT2D eigenvalue weighted by atomic mass is 16.3. The molecule has 1 heterocycles. The maximum atomic E-state index is 13.8. The number of para-hydroxylation sites is 1. The van der Waals surface area contributed by atoms with Crippen LogP contribution in [0.15, 0.2) is 36.4 Å². The summed E-state index contributed by atoms with van der Waals surface area (Å²) in [6, 6.07) is 10.9. The molecule has 2 N–H and O–H groups in total. The van der Waals surface area contributed by atoms with Gasteiger partial charge in [0.1, 0.15) is 11.8 Å². The number of nitrogens with one attached hydrogen (secondary N) is 1. The smallest absolute Gasteiger partial charge is 0.247 e. The number of aromatic hydroxyl groups is 1. The van der Waals surface area contributed by atoms with Crippen molar-refractivity contribution in [3.05, 3.63) is 58.7 Å². The second-order valence-corrected chi connectivity index (χ2v) is 10.5. The minimum atomic E-state index is -0.574. The maximum absolute atomic E-state index is 13.8. The van der Waals surface area contributed by atoms with Crippen molar-refractivity contribution in [2.45, 2.75) is 104 Å². The highest BCUT2D eigenvalue weighted by Gasteiger charge is 2.35. The number of amides is 2. The van der Waals surface area contributed by atoms with Gasteiger partial charge in [0.05, 0.1) is 0 Å². The Labute approximate surface area is 210 Å². The first-order chi connectivity index (χ1) is 16.7. The number of unbranched alkanes of at least 4 members (excludes halogenated alkanes) is 4. The van der Waals surface area contributed by atoms with Crippen molar-refractivity contribution >= 4 is 17.5 Å². The summed E-state index contributed by atoms with van der Waals surface area (Å²) in [6.45, 7) is 11.1. The lowest BCUT2D eigenvalue weighted by Crippen LogP contribution is -2.50. The third kappa shape index (κ3) is 6.65. The number of hydrogen-bond acceptors (Lipinski definition) is 3. The molecule has 2 amide bonds. The lowest BCUT2D eigenvalue weighted by molar-refractivity contribution is -0.140. The van der Waals surface area contributed by atoms with Crippen molar-refractivity contribution in [1.29, 1.82) is 0 Å². The van der Waals surface area contributed by atoms with Gasteiger partial charge >= 0.3 is 0 Å².